The molecule has 0 saturated carbocycles. The molecule has 0 fully saturated rings. The highest BCUT2D eigenvalue weighted by atomic mass is 32.1. The molecule has 1 rings (SSSR count). The number of benzene rings is 1. The van der Waals surface area contributed by atoms with Gasteiger partial charge in [0.1, 0.15) is 5.82 Å². The minimum absolute atomic E-state index is 0.240. The predicted octanol–water partition coefficient (Wildman–Crippen LogP) is 2.73. The first-order chi connectivity index (χ1) is 10.9. The van der Waals surface area contributed by atoms with E-state index in [4.69, 9.17) is 12.2 Å². The monoisotopic (exact) mass is 340 g/mol. The van der Waals surface area contributed by atoms with Crippen molar-refractivity contribution >= 4 is 23.0 Å². The van der Waals surface area contributed by atoms with Crippen LogP contribution in [0.5, 0.6) is 0 Å². The smallest absolute Gasteiger partial charge is 0.173 e. The van der Waals surface area contributed by atoms with Crippen molar-refractivity contribution in [1.82, 2.24) is 14.7 Å². The summed E-state index contributed by atoms with van der Waals surface area (Å²) in [5.41, 5.74) is 0.821. The summed E-state index contributed by atoms with van der Waals surface area (Å²) in [7, 11) is 8.30. The molecule has 0 saturated heterocycles. The Morgan fingerprint density at radius 1 is 0.913 bits per heavy atom. The Balaban J connectivity index is 2.56. The van der Waals surface area contributed by atoms with Crippen LogP contribution in [0.25, 0.3) is 0 Å². The van der Waals surface area contributed by atoms with Crippen LogP contribution in [0.3, 0.4) is 0 Å². The van der Waals surface area contributed by atoms with Gasteiger partial charge < -0.3 is 20.0 Å². The third kappa shape index (κ3) is 8.83. The van der Waals surface area contributed by atoms with Gasteiger partial charge in [0.15, 0.2) is 5.11 Å². The largest absolute Gasteiger partial charge is 0.349 e. The number of hydrogen-bond donors (Lipinski definition) is 1. The minimum Gasteiger partial charge on any atom is -0.349 e. The lowest BCUT2D eigenvalue weighted by Crippen LogP contribution is -2.38. The quantitative estimate of drug-likeness (QED) is 0.696. The third-order valence-electron chi connectivity index (χ3n) is 3.45. The molecule has 0 heterocycles. The Bertz CT molecular complexity index is 448. The van der Waals surface area contributed by atoms with Gasteiger partial charge in [-0.05, 0) is 90.6 Å². The second-order valence-electron chi connectivity index (χ2n) is 6.24. The Labute approximate surface area is 145 Å². The zero-order valence-electron chi connectivity index (χ0n) is 14.7. The molecule has 0 bridgehead atoms. The molecule has 0 spiro atoms. The van der Waals surface area contributed by atoms with E-state index in [0.717, 1.165) is 44.7 Å². The molecule has 130 valence electrons. The van der Waals surface area contributed by atoms with Gasteiger partial charge in [0.05, 0.1) is 0 Å². The first-order valence-electron chi connectivity index (χ1n) is 7.99. The zero-order valence-corrected chi connectivity index (χ0v) is 15.5. The fourth-order valence-corrected chi connectivity index (χ4v) is 2.51. The summed E-state index contributed by atoms with van der Waals surface area (Å²) in [6, 6.07) is 6.29. The number of nitrogens with one attached hydrogen (secondary N) is 1. The molecule has 0 unspecified atom stereocenters. The highest BCUT2D eigenvalue weighted by Crippen LogP contribution is 2.10. The number of nitrogens with zero attached hydrogens (tertiary/aromatic N) is 3. The van der Waals surface area contributed by atoms with Gasteiger partial charge in [-0.15, -0.1) is 0 Å². The Morgan fingerprint density at radius 3 is 1.83 bits per heavy atom. The van der Waals surface area contributed by atoms with E-state index in [1.165, 1.54) is 12.1 Å². The average molecular weight is 341 g/mol. The van der Waals surface area contributed by atoms with Crippen LogP contribution in [-0.2, 0) is 0 Å². The molecule has 0 aliphatic carbocycles. The molecule has 0 amide bonds. The first-order valence-corrected chi connectivity index (χ1v) is 8.40. The topological polar surface area (TPSA) is 21.8 Å². The van der Waals surface area contributed by atoms with Crippen LogP contribution in [-0.4, -0.2) is 74.2 Å². The molecule has 0 aliphatic rings. The summed E-state index contributed by atoms with van der Waals surface area (Å²) < 4.78 is 13.0. The summed E-state index contributed by atoms with van der Waals surface area (Å²) in [5.74, 6) is -0.240. The fourth-order valence-electron chi connectivity index (χ4n) is 2.21. The highest BCUT2D eigenvalue weighted by Gasteiger charge is 2.10. The van der Waals surface area contributed by atoms with E-state index in [1.54, 1.807) is 12.1 Å². The lowest BCUT2D eigenvalue weighted by Gasteiger charge is -2.27. The number of anilines is 1. The van der Waals surface area contributed by atoms with E-state index in [0.29, 0.717) is 5.11 Å². The molecule has 6 heteroatoms. The van der Waals surface area contributed by atoms with Gasteiger partial charge in [0.2, 0.25) is 0 Å². The van der Waals surface area contributed by atoms with E-state index in [2.05, 4.69) is 48.2 Å². The van der Waals surface area contributed by atoms with Crippen molar-refractivity contribution in [3.8, 4) is 0 Å². The zero-order chi connectivity index (χ0) is 17.2. The van der Waals surface area contributed by atoms with Gasteiger partial charge in [0, 0.05) is 18.8 Å². The molecular weight excluding hydrogens is 311 g/mol. The van der Waals surface area contributed by atoms with Crippen LogP contribution < -0.4 is 5.32 Å². The molecule has 4 nitrogen and oxygen atoms in total. The maximum Gasteiger partial charge on any atom is 0.173 e. The number of rotatable bonds is 9. The molecule has 0 aliphatic heterocycles. The van der Waals surface area contributed by atoms with Gasteiger partial charge in [-0.1, -0.05) is 0 Å². The van der Waals surface area contributed by atoms with Crippen LogP contribution in [0.15, 0.2) is 24.3 Å². The standard InChI is InChI=1S/C17H29FN4S/c1-20(2)11-5-13-22(14-6-12-21(3)4)17(23)19-16-9-7-15(18)8-10-16/h7-10H,5-6,11-14H2,1-4H3,(H,19,23). The molecule has 0 radical (unpaired) electrons. The van der Waals surface area contributed by atoms with Gasteiger partial charge in [-0.3, -0.25) is 0 Å². The van der Waals surface area contributed by atoms with Crippen LogP contribution in [0.1, 0.15) is 12.8 Å². The number of halogens is 1. The van der Waals surface area contributed by atoms with Gasteiger partial charge in [-0.25, -0.2) is 4.39 Å². The molecular formula is C17H29FN4S. The summed E-state index contributed by atoms with van der Waals surface area (Å²) in [5, 5.41) is 3.91. The number of hydrogen-bond acceptors (Lipinski definition) is 3. The molecule has 1 aromatic rings. The predicted molar refractivity (Wildman–Crippen MR) is 101 cm³/mol. The third-order valence-corrected chi connectivity index (χ3v) is 3.81. The van der Waals surface area contributed by atoms with E-state index < -0.39 is 0 Å². The van der Waals surface area contributed by atoms with Crippen LogP contribution in [0.4, 0.5) is 10.1 Å². The summed E-state index contributed by atoms with van der Waals surface area (Å²) in [4.78, 5) is 6.55. The van der Waals surface area contributed by atoms with Crippen molar-refractivity contribution in [2.75, 3.05) is 59.7 Å². The van der Waals surface area contributed by atoms with Crippen molar-refractivity contribution in [3.63, 3.8) is 0 Å². The Morgan fingerprint density at radius 2 is 1.39 bits per heavy atom. The van der Waals surface area contributed by atoms with Crippen LogP contribution in [0, 0.1) is 5.82 Å². The van der Waals surface area contributed by atoms with E-state index >= 15 is 0 Å². The van der Waals surface area contributed by atoms with E-state index in [9.17, 15) is 4.39 Å². The van der Waals surface area contributed by atoms with Crippen LogP contribution in [0.2, 0.25) is 0 Å². The normalized spacial score (nSPS) is 11.1. The fraction of sp³-hybridized carbons (Fsp3) is 0.588. The Hall–Kier alpha value is -1.24. The van der Waals surface area contributed by atoms with Crippen molar-refractivity contribution in [2.45, 2.75) is 12.8 Å². The number of thiocarbonyl (C=S) groups is 1. The minimum atomic E-state index is -0.240. The maximum absolute atomic E-state index is 13.0. The van der Waals surface area contributed by atoms with E-state index in [-0.39, 0.29) is 5.82 Å². The molecule has 1 N–H and O–H groups in total. The lowest BCUT2D eigenvalue weighted by atomic mass is 10.3. The average Bonchev–Trinajstić information content (AvgIpc) is 2.47. The molecule has 1 aromatic carbocycles. The summed E-state index contributed by atoms with van der Waals surface area (Å²) in [6.07, 6.45) is 2.11. The highest BCUT2D eigenvalue weighted by molar-refractivity contribution is 7.80. The summed E-state index contributed by atoms with van der Waals surface area (Å²) >= 11 is 5.54. The van der Waals surface area contributed by atoms with E-state index in [1.807, 2.05) is 0 Å². The maximum atomic E-state index is 13.0. The second kappa shape index (κ2) is 10.5. The Kier molecular flexibility index (Phi) is 9.06. The van der Waals surface area contributed by atoms with Crippen molar-refractivity contribution in [3.05, 3.63) is 30.1 Å². The summed E-state index contributed by atoms with van der Waals surface area (Å²) in [6.45, 7) is 3.89. The van der Waals surface area contributed by atoms with Crippen molar-refractivity contribution < 1.29 is 4.39 Å². The van der Waals surface area contributed by atoms with Crippen molar-refractivity contribution in [1.29, 1.82) is 0 Å². The molecule has 0 atom stereocenters. The van der Waals surface area contributed by atoms with Gasteiger partial charge >= 0.3 is 0 Å². The van der Waals surface area contributed by atoms with Crippen molar-refractivity contribution in [2.24, 2.45) is 0 Å². The van der Waals surface area contributed by atoms with Crippen LogP contribution >= 0.6 is 12.2 Å². The molecule has 23 heavy (non-hydrogen) atoms. The van der Waals surface area contributed by atoms with Gasteiger partial charge in [0.25, 0.3) is 0 Å². The first kappa shape index (κ1) is 19.8. The SMILES string of the molecule is CN(C)CCCN(CCCN(C)C)C(=S)Nc1ccc(F)cc1. The second-order valence-corrected chi connectivity index (χ2v) is 6.62. The molecule has 0 aromatic heterocycles. The lowest BCUT2D eigenvalue weighted by molar-refractivity contribution is 0.325. The van der Waals surface area contributed by atoms with Gasteiger partial charge in [-0.2, -0.15) is 0 Å².